The lowest BCUT2D eigenvalue weighted by atomic mass is 9.97. The van der Waals surface area contributed by atoms with Crippen molar-refractivity contribution in [2.75, 3.05) is 33.3 Å². The van der Waals surface area contributed by atoms with Gasteiger partial charge in [-0.05, 0) is 56.6 Å². The molecule has 1 amide bonds. The fourth-order valence-corrected chi connectivity index (χ4v) is 3.64. The average molecular weight is 396 g/mol. The highest BCUT2D eigenvalue weighted by Gasteiger charge is 2.28. The van der Waals surface area contributed by atoms with E-state index in [4.69, 9.17) is 14.2 Å². The van der Waals surface area contributed by atoms with Crippen LogP contribution in [-0.2, 0) is 11.4 Å². The van der Waals surface area contributed by atoms with E-state index in [9.17, 15) is 4.79 Å². The minimum absolute atomic E-state index is 0.120. The first kappa shape index (κ1) is 19.6. The van der Waals surface area contributed by atoms with Crippen molar-refractivity contribution >= 4 is 5.91 Å². The molecule has 1 fully saturated rings. The number of carbonyl (C=O) groups excluding carboxylic acids is 1. The predicted octanol–water partition coefficient (Wildman–Crippen LogP) is 2.86. The number of hydrogen-bond donors (Lipinski definition) is 1. The molecule has 154 valence electrons. The number of piperidine rings is 1. The molecule has 2 aliphatic rings. The second-order valence-electron chi connectivity index (χ2n) is 7.79. The Morgan fingerprint density at radius 2 is 1.93 bits per heavy atom. The summed E-state index contributed by atoms with van der Waals surface area (Å²) in [6.45, 7) is 3.56. The van der Waals surface area contributed by atoms with Crippen molar-refractivity contribution in [2.24, 2.45) is 5.92 Å². The normalized spacial score (nSPS) is 19.6. The summed E-state index contributed by atoms with van der Waals surface area (Å²) in [6.07, 6.45) is 1.59. The summed E-state index contributed by atoms with van der Waals surface area (Å²) >= 11 is 0. The average Bonchev–Trinajstić information content (AvgIpc) is 2.77. The van der Waals surface area contributed by atoms with Gasteiger partial charge in [0.25, 0.3) is 5.91 Å². The zero-order chi connectivity index (χ0) is 20.1. The molecule has 0 saturated carbocycles. The second kappa shape index (κ2) is 9.18. The number of carbonyl (C=O) groups is 1. The van der Waals surface area contributed by atoms with E-state index >= 15 is 0 Å². The van der Waals surface area contributed by atoms with Crippen LogP contribution >= 0.6 is 0 Å². The fraction of sp³-hybridized carbons (Fsp3) is 0.435. The molecule has 1 unspecified atom stereocenters. The number of amides is 1. The van der Waals surface area contributed by atoms with E-state index in [1.54, 1.807) is 6.07 Å². The third-order valence-electron chi connectivity index (χ3n) is 5.52. The third-order valence-corrected chi connectivity index (χ3v) is 5.52. The molecule has 2 aliphatic heterocycles. The Morgan fingerprint density at radius 1 is 1.14 bits per heavy atom. The smallest absolute Gasteiger partial charge is 0.264 e. The molecule has 2 heterocycles. The van der Waals surface area contributed by atoms with E-state index in [0.29, 0.717) is 36.3 Å². The second-order valence-corrected chi connectivity index (χ2v) is 7.79. The van der Waals surface area contributed by atoms with E-state index in [0.717, 1.165) is 31.5 Å². The van der Waals surface area contributed by atoms with Crippen molar-refractivity contribution in [3.63, 3.8) is 0 Å². The molecule has 0 spiro atoms. The van der Waals surface area contributed by atoms with Gasteiger partial charge in [-0.3, -0.25) is 4.79 Å². The Kier molecular flexibility index (Phi) is 6.20. The van der Waals surface area contributed by atoms with E-state index in [-0.39, 0.29) is 12.5 Å². The molecule has 2 aromatic rings. The number of nitrogens with one attached hydrogen (secondary N) is 1. The summed E-state index contributed by atoms with van der Waals surface area (Å²) in [5.41, 5.74) is 1.09. The van der Waals surface area contributed by atoms with Gasteiger partial charge in [0.2, 0.25) is 6.10 Å². The molecule has 1 atom stereocenters. The first-order valence-corrected chi connectivity index (χ1v) is 10.2. The molecule has 1 saturated heterocycles. The molecule has 1 N–H and O–H groups in total. The van der Waals surface area contributed by atoms with E-state index in [1.807, 2.05) is 42.5 Å². The molecule has 0 radical (unpaired) electrons. The van der Waals surface area contributed by atoms with Crippen LogP contribution < -0.4 is 19.5 Å². The molecular formula is C23H28N2O4. The maximum Gasteiger partial charge on any atom is 0.264 e. The van der Waals surface area contributed by atoms with Gasteiger partial charge in [0.1, 0.15) is 19.0 Å². The SMILES string of the molecule is CN1CCC(CNC(=O)C2COc3ccc(OCc4ccccc4)cc3O2)CC1. The van der Waals surface area contributed by atoms with Crippen LogP contribution in [0.3, 0.4) is 0 Å². The number of likely N-dealkylation sites (tertiary alicyclic amines) is 1. The van der Waals surface area contributed by atoms with Gasteiger partial charge in [-0.2, -0.15) is 0 Å². The van der Waals surface area contributed by atoms with Crippen LogP contribution in [0, 0.1) is 5.92 Å². The Balaban J connectivity index is 1.30. The summed E-state index contributed by atoms with van der Waals surface area (Å²) in [5, 5.41) is 3.04. The highest BCUT2D eigenvalue weighted by Crippen LogP contribution is 2.35. The molecule has 6 heteroatoms. The summed E-state index contributed by atoms with van der Waals surface area (Å²) in [6, 6.07) is 15.4. The molecular weight excluding hydrogens is 368 g/mol. The molecule has 29 heavy (non-hydrogen) atoms. The molecule has 2 aromatic carbocycles. The van der Waals surface area contributed by atoms with Gasteiger partial charge in [0.15, 0.2) is 11.5 Å². The van der Waals surface area contributed by atoms with Crippen LogP contribution in [0.5, 0.6) is 17.2 Å². The predicted molar refractivity (Wildman–Crippen MR) is 110 cm³/mol. The summed E-state index contributed by atoms with van der Waals surface area (Å²) < 4.78 is 17.5. The molecule has 0 aliphatic carbocycles. The Morgan fingerprint density at radius 3 is 2.72 bits per heavy atom. The number of fused-ring (bicyclic) bond motifs is 1. The quantitative estimate of drug-likeness (QED) is 0.814. The number of benzene rings is 2. The monoisotopic (exact) mass is 396 g/mol. The first-order chi connectivity index (χ1) is 14.2. The van der Waals surface area contributed by atoms with Crippen molar-refractivity contribution in [1.82, 2.24) is 10.2 Å². The number of ether oxygens (including phenoxy) is 3. The zero-order valence-electron chi connectivity index (χ0n) is 16.8. The molecule has 4 rings (SSSR count). The van der Waals surface area contributed by atoms with E-state index in [2.05, 4.69) is 17.3 Å². The van der Waals surface area contributed by atoms with Crippen molar-refractivity contribution in [2.45, 2.75) is 25.6 Å². The third kappa shape index (κ3) is 5.21. The molecule has 6 nitrogen and oxygen atoms in total. The van der Waals surface area contributed by atoms with Crippen molar-refractivity contribution < 1.29 is 19.0 Å². The topological polar surface area (TPSA) is 60.0 Å². The van der Waals surface area contributed by atoms with Crippen molar-refractivity contribution in [3.8, 4) is 17.2 Å². The molecule has 0 bridgehead atoms. The van der Waals surface area contributed by atoms with Gasteiger partial charge in [-0.25, -0.2) is 0 Å². The maximum atomic E-state index is 12.6. The standard InChI is InChI=1S/C23H28N2O4/c1-25-11-9-17(10-12-25)14-24-23(26)22-16-28-20-8-7-19(13-21(20)29-22)27-15-18-5-3-2-4-6-18/h2-8,13,17,22H,9-12,14-16H2,1H3,(H,24,26). The highest BCUT2D eigenvalue weighted by atomic mass is 16.6. The summed E-state index contributed by atoms with van der Waals surface area (Å²) in [7, 11) is 2.14. The summed E-state index contributed by atoms with van der Waals surface area (Å²) in [5.74, 6) is 2.27. The van der Waals surface area contributed by atoms with Gasteiger partial charge in [-0.1, -0.05) is 30.3 Å². The van der Waals surface area contributed by atoms with Crippen LogP contribution in [0.1, 0.15) is 18.4 Å². The van der Waals surface area contributed by atoms with Crippen molar-refractivity contribution in [3.05, 3.63) is 54.1 Å². The lowest BCUT2D eigenvalue weighted by Gasteiger charge is -2.30. The minimum Gasteiger partial charge on any atom is -0.489 e. The van der Waals surface area contributed by atoms with Gasteiger partial charge in [-0.15, -0.1) is 0 Å². The first-order valence-electron chi connectivity index (χ1n) is 10.2. The lowest BCUT2D eigenvalue weighted by molar-refractivity contribution is -0.130. The van der Waals surface area contributed by atoms with Gasteiger partial charge in [0.05, 0.1) is 0 Å². The van der Waals surface area contributed by atoms with Gasteiger partial charge in [0, 0.05) is 12.6 Å². The van der Waals surface area contributed by atoms with Crippen molar-refractivity contribution in [1.29, 1.82) is 0 Å². The van der Waals surface area contributed by atoms with E-state index in [1.165, 1.54) is 0 Å². The number of rotatable bonds is 6. The van der Waals surface area contributed by atoms with Crippen LogP contribution in [0.2, 0.25) is 0 Å². The number of hydrogen-bond acceptors (Lipinski definition) is 5. The Bertz CT molecular complexity index is 819. The fourth-order valence-electron chi connectivity index (χ4n) is 3.64. The zero-order valence-corrected chi connectivity index (χ0v) is 16.8. The lowest BCUT2D eigenvalue weighted by Crippen LogP contribution is -2.46. The Hall–Kier alpha value is -2.73. The van der Waals surface area contributed by atoms with Crippen LogP contribution in [0.4, 0.5) is 0 Å². The largest absolute Gasteiger partial charge is 0.489 e. The van der Waals surface area contributed by atoms with Gasteiger partial charge >= 0.3 is 0 Å². The van der Waals surface area contributed by atoms with Gasteiger partial charge < -0.3 is 24.4 Å². The van der Waals surface area contributed by atoms with E-state index < -0.39 is 6.10 Å². The highest BCUT2D eigenvalue weighted by molar-refractivity contribution is 5.81. The van der Waals surface area contributed by atoms with Crippen LogP contribution in [0.25, 0.3) is 0 Å². The maximum absolute atomic E-state index is 12.6. The number of nitrogens with zero attached hydrogens (tertiary/aromatic N) is 1. The van der Waals surface area contributed by atoms with Crippen LogP contribution in [-0.4, -0.2) is 50.2 Å². The minimum atomic E-state index is -0.641. The molecule has 0 aromatic heterocycles. The Labute approximate surface area is 171 Å². The van der Waals surface area contributed by atoms with Crippen LogP contribution in [0.15, 0.2) is 48.5 Å². The summed E-state index contributed by atoms with van der Waals surface area (Å²) in [4.78, 5) is 14.9.